The molecule has 3 atom stereocenters. The fraction of sp³-hybridized carbons (Fsp3) is 0.393. The SMILES string of the molecule is CC(C)N1CC2CC1(C)CN2c1nc(-c2ccnc(N[C@@H](C)c3ccccc3)c2)cc2nccn12. The van der Waals surface area contributed by atoms with Crippen LogP contribution in [0, 0.1) is 0 Å². The zero-order chi connectivity index (χ0) is 24.2. The first-order valence-electron chi connectivity index (χ1n) is 12.6. The highest BCUT2D eigenvalue weighted by Gasteiger charge is 2.53. The zero-order valence-electron chi connectivity index (χ0n) is 20.9. The van der Waals surface area contributed by atoms with E-state index in [4.69, 9.17) is 4.98 Å². The van der Waals surface area contributed by atoms with Crippen molar-refractivity contribution >= 4 is 17.4 Å². The van der Waals surface area contributed by atoms with Gasteiger partial charge in [-0.15, -0.1) is 0 Å². The Morgan fingerprint density at radius 1 is 1.03 bits per heavy atom. The molecule has 0 saturated carbocycles. The van der Waals surface area contributed by atoms with Crippen LogP contribution in [0.4, 0.5) is 11.8 Å². The van der Waals surface area contributed by atoms with Crippen molar-refractivity contribution < 1.29 is 0 Å². The molecule has 1 aromatic carbocycles. The van der Waals surface area contributed by atoms with Gasteiger partial charge in [0.15, 0.2) is 0 Å². The Bertz CT molecular complexity index is 1350. The fourth-order valence-electron chi connectivity index (χ4n) is 6.04. The Labute approximate surface area is 206 Å². The largest absolute Gasteiger partial charge is 0.364 e. The van der Waals surface area contributed by atoms with Crippen LogP contribution in [0.15, 0.2) is 67.1 Å². The van der Waals surface area contributed by atoms with E-state index in [9.17, 15) is 0 Å². The number of pyridine rings is 1. The molecule has 3 aromatic heterocycles. The second-order valence-electron chi connectivity index (χ2n) is 10.5. The average Bonchev–Trinajstić information content (AvgIpc) is 3.56. The first kappa shape index (κ1) is 22.0. The molecule has 7 nitrogen and oxygen atoms in total. The van der Waals surface area contributed by atoms with Crippen LogP contribution < -0.4 is 10.2 Å². The van der Waals surface area contributed by atoms with E-state index in [0.717, 1.165) is 41.8 Å². The molecule has 0 radical (unpaired) electrons. The Morgan fingerprint density at radius 3 is 2.60 bits per heavy atom. The molecule has 2 saturated heterocycles. The number of rotatable bonds is 6. The number of hydrogen-bond donors (Lipinski definition) is 1. The Hall–Kier alpha value is -3.45. The predicted octanol–water partition coefficient (Wildman–Crippen LogP) is 5.03. The van der Waals surface area contributed by atoms with Crippen LogP contribution in [0.3, 0.4) is 0 Å². The third-order valence-corrected chi connectivity index (χ3v) is 7.70. The molecule has 2 aliphatic heterocycles. The predicted molar refractivity (Wildman–Crippen MR) is 141 cm³/mol. The lowest BCUT2D eigenvalue weighted by Gasteiger charge is -2.42. The fourth-order valence-corrected chi connectivity index (χ4v) is 6.04. The van der Waals surface area contributed by atoms with Gasteiger partial charge in [0.2, 0.25) is 5.95 Å². The average molecular weight is 468 g/mol. The summed E-state index contributed by atoms with van der Waals surface area (Å²) in [5.74, 6) is 1.82. The van der Waals surface area contributed by atoms with Crippen molar-refractivity contribution in [2.75, 3.05) is 23.3 Å². The van der Waals surface area contributed by atoms with Gasteiger partial charge < -0.3 is 10.2 Å². The molecule has 5 heterocycles. The minimum absolute atomic E-state index is 0.155. The highest BCUT2D eigenvalue weighted by atomic mass is 15.4. The second kappa shape index (κ2) is 8.34. The molecule has 0 aliphatic carbocycles. The Morgan fingerprint density at radius 2 is 1.86 bits per heavy atom. The first-order valence-corrected chi connectivity index (χ1v) is 12.6. The van der Waals surface area contributed by atoms with Gasteiger partial charge in [0.1, 0.15) is 11.5 Å². The molecule has 180 valence electrons. The highest BCUT2D eigenvalue weighted by Crippen LogP contribution is 2.43. The number of benzene rings is 1. The van der Waals surface area contributed by atoms with Gasteiger partial charge in [-0.3, -0.25) is 9.30 Å². The maximum absolute atomic E-state index is 5.20. The van der Waals surface area contributed by atoms with E-state index in [-0.39, 0.29) is 11.6 Å². The molecule has 0 spiro atoms. The number of hydrogen-bond acceptors (Lipinski definition) is 6. The number of nitrogens with zero attached hydrogens (tertiary/aromatic N) is 6. The third-order valence-electron chi connectivity index (χ3n) is 7.70. The molecule has 35 heavy (non-hydrogen) atoms. The van der Waals surface area contributed by atoms with E-state index in [2.05, 4.69) is 93.6 Å². The van der Waals surface area contributed by atoms with Gasteiger partial charge in [-0.2, -0.15) is 0 Å². The number of imidazole rings is 1. The molecule has 7 heteroatoms. The van der Waals surface area contributed by atoms with Crippen molar-refractivity contribution in [3.8, 4) is 11.3 Å². The summed E-state index contributed by atoms with van der Waals surface area (Å²) >= 11 is 0. The van der Waals surface area contributed by atoms with Crippen LogP contribution in [0.5, 0.6) is 0 Å². The van der Waals surface area contributed by atoms with E-state index < -0.39 is 0 Å². The number of likely N-dealkylation sites (tertiary alicyclic amines) is 1. The lowest BCUT2D eigenvalue weighted by Crippen LogP contribution is -2.55. The number of fused-ring (bicyclic) bond motifs is 3. The lowest BCUT2D eigenvalue weighted by atomic mass is 10.0. The van der Waals surface area contributed by atoms with Crippen molar-refractivity contribution in [1.29, 1.82) is 0 Å². The molecule has 4 aromatic rings. The van der Waals surface area contributed by atoms with Gasteiger partial charge in [-0.25, -0.2) is 15.0 Å². The number of piperazine rings is 1. The van der Waals surface area contributed by atoms with E-state index in [0.29, 0.717) is 12.1 Å². The lowest BCUT2D eigenvalue weighted by molar-refractivity contribution is 0.115. The van der Waals surface area contributed by atoms with Crippen molar-refractivity contribution in [3.05, 3.63) is 72.7 Å². The molecule has 2 unspecified atom stereocenters. The Kier molecular flexibility index (Phi) is 5.25. The van der Waals surface area contributed by atoms with E-state index in [1.165, 1.54) is 12.0 Å². The van der Waals surface area contributed by atoms with Crippen LogP contribution in [0.1, 0.15) is 45.7 Å². The molecule has 0 amide bonds. The van der Waals surface area contributed by atoms with Crippen molar-refractivity contribution in [2.24, 2.45) is 0 Å². The summed E-state index contributed by atoms with van der Waals surface area (Å²) in [6, 6.07) is 17.8. The van der Waals surface area contributed by atoms with Crippen LogP contribution in [-0.2, 0) is 0 Å². The van der Waals surface area contributed by atoms with E-state index in [1.807, 2.05) is 30.7 Å². The molecular weight excluding hydrogens is 434 g/mol. The standard InChI is InChI=1S/C28H33N7/c1-19(2)35-17-23-16-28(35,4)18-34(23)27-32-24(15-26-30-12-13-33(26)27)22-10-11-29-25(14-22)31-20(3)21-8-6-5-7-9-21/h5-15,19-20,23H,16-18H2,1-4H3,(H,29,31)/t20-,23?,28?/m0/s1. The third kappa shape index (κ3) is 3.84. The maximum Gasteiger partial charge on any atom is 0.212 e. The second-order valence-corrected chi connectivity index (χ2v) is 10.5. The van der Waals surface area contributed by atoms with Gasteiger partial charge >= 0.3 is 0 Å². The summed E-state index contributed by atoms with van der Waals surface area (Å²) < 4.78 is 2.13. The molecule has 2 fully saturated rings. The molecular formula is C28H33N7. The summed E-state index contributed by atoms with van der Waals surface area (Å²) in [6.45, 7) is 11.2. The topological polar surface area (TPSA) is 61.6 Å². The van der Waals surface area contributed by atoms with Gasteiger partial charge in [-0.1, -0.05) is 30.3 Å². The van der Waals surface area contributed by atoms with E-state index >= 15 is 0 Å². The Balaban J connectivity index is 1.33. The summed E-state index contributed by atoms with van der Waals surface area (Å²) in [5.41, 5.74) is 4.29. The maximum atomic E-state index is 5.20. The molecule has 2 aliphatic rings. The van der Waals surface area contributed by atoms with Crippen LogP contribution >= 0.6 is 0 Å². The number of anilines is 2. The van der Waals surface area contributed by atoms with Gasteiger partial charge in [0.05, 0.1) is 5.69 Å². The summed E-state index contributed by atoms with van der Waals surface area (Å²) in [6.07, 6.45) is 6.92. The van der Waals surface area contributed by atoms with Crippen LogP contribution in [-0.4, -0.2) is 55.0 Å². The van der Waals surface area contributed by atoms with E-state index in [1.54, 1.807) is 0 Å². The van der Waals surface area contributed by atoms with Crippen LogP contribution in [0.2, 0.25) is 0 Å². The quantitative estimate of drug-likeness (QED) is 0.429. The first-order chi connectivity index (χ1) is 16.9. The smallest absolute Gasteiger partial charge is 0.212 e. The summed E-state index contributed by atoms with van der Waals surface area (Å²) in [5, 5.41) is 3.54. The van der Waals surface area contributed by atoms with Gasteiger partial charge in [0.25, 0.3) is 0 Å². The van der Waals surface area contributed by atoms with Crippen LogP contribution in [0.25, 0.3) is 16.9 Å². The normalized spacial score (nSPS) is 22.9. The summed E-state index contributed by atoms with van der Waals surface area (Å²) in [7, 11) is 0. The minimum atomic E-state index is 0.155. The number of nitrogens with one attached hydrogen (secondary N) is 1. The zero-order valence-corrected chi connectivity index (χ0v) is 20.9. The minimum Gasteiger partial charge on any atom is -0.364 e. The van der Waals surface area contributed by atoms with Gasteiger partial charge in [-0.05, 0) is 51.8 Å². The van der Waals surface area contributed by atoms with Gasteiger partial charge in [0, 0.05) is 67.0 Å². The van der Waals surface area contributed by atoms with Crippen molar-refractivity contribution in [2.45, 2.75) is 57.8 Å². The monoisotopic (exact) mass is 467 g/mol. The molecule has 2 bridgehead atoms. The van der Waals surface area contributed by atoms with Crippen molar-refractivity contribution in [3.63, 3.8) is 0 Å². The summed E-state index contributed by atoms with van der Waals surface area (Å²) in [4.78, 5) is 19.5. The molecule has 1 N–H and O–H groups in total. The van der Waals surface area contributed by atoms with Crippen molar-refractivity contribution in [1.82, 2.24) is 24.3 Å². The highest BCUT2D eigenvalue weighted by molar-refractivity contribution is 5.69. The molecule has 6 rings (SSSR count). The number of aromatic nitrogens is 4.